The molecule has 0 fully saturated rings. The minimum atomic E-state index is -3.70. The predicted octanol–water partition coefficient (Wildman–Crippen LogP) is 4.48. The van der Waals surface area contributed by atoms with Gasteiger partial charge < -0.3 is 0 Å². The molecule has 0 bridgehead atoms. The number of sulfonamides is 1. The number of rotatable bonds is 6. The van der Waals surface area contributed by atoms with Gasteiger partial charge in [-0.3, -0.25) is 0 Å². The van der Waals surface area contributed by atoms with Crippen molar-refractivity contribution in [3.05, 3.63) is 64.1 Å². The molecule has 0 radical (unpaired) electrons. The molecular formula is C18H19BrN2O2S. The molecule has 0 saturated heterocycles. The summed E-state index contributed by atoms with van der Waals surface area (Å²) >= 11 is 3.50. The van der Waals surface area contributed by atoms with Crippen LogP contribution in [-0.4, -0.2) is 19.3 Å². The zero-order valence-electron chi connectivity index (χ0n) is 13.6. The summed E-state index contributed by atoms with van der Waals surface area (Å²) in [6, 6.07) is 15.4. The lowest BCUT2D eigenvalue weighted by atomic mass is 10.1. The first kappa shape index (κ1) is 18.7. The van der Waals surface area contributed by atoms with Gasteiger partial charge in [0.15, 0.2) is 0 Å². The fourth-order valence-corrected chi connectivity index (χ4v) is 4.94. The lowest BCUT2D eigenvalue weighted by molar-refractivity contribution is 0.341. The second kappa shape index (κ2) is 7.93. The van der Waals surface area contributed by atoms with E-state index < -0.39 is 10.0 Å². The average Bonchev–Trinajstić information content (AvgIpc) is 2.59. The van der Waals surface area contributed by atoms with Crippen LogP contribution in [0.25, 0.3) is 0 Å². The highest BCUT2D eigenvalue weighted by Crippen LogP contribution is 2.32. The van der Waals surface area contributed by atoms with E-state index in [1.807, 2.05) is 44.2 Å². The van der Waals surface area contributed by atoms with E-state index in [0.717, 1.165) is 10.0 Å². The van der Waals surface area contributed by atoms with Gasteiger partial charge in [0.05, 0.1) is 16.5 Å². The Morgan fingerprint density at radius 1 is 1.21 bits per heavy atom. The summed E-state index contributed by atoms with van der Waals surface area (Å²) in [5.41, 5.74) is 1.24. The molecule has 1 atom stereocenters. The number of hydrogen-bond acceptors (Lipinski definition) is 3. The van der Waals surface area contributed by atoms with E-state index in [9.17, 15) is 8.42 Å². The third-order valence-corrected chi connectivity index (χ3v) is 6.49. The Morgan fingerprint density at radius 3 is 2.54 bits per heavy atom. The Hall–Kier alpha value is -1.68. The normalized spacial score (nSPS) is 12.8. The first-order valence-corrected chi connectivity index (χ1v) is 9.91. The monoisotopic (exact) mass is 406 g/mol. The van der Waals surface area contributed by atoms with Gasteiger partial charge in [0.1, 0.15) is 0 Å². The number of benzene rings is 2. The molecule has 0 spiro atoms. The van der Waals surface area contributed by atoms with Crippen LogP contribution < -0.4 is 0 Å². The molecule has 0 aromatic heterocycles. The second-order valence-electron chi connectivity index (χ2n) is 5.45. The SMILES string of the molecule is CCCN([C@H](C)c1ccccc1Br)S(=O)(=O)c1cccc(C#N)c1. The molecule has 0 aliphatic carbocycles. The lowest BCUT2D eigenvalue weighted by Crippen LogP contribution is -2.34. The van der Waals surface area contributed by atoms with Crippen LogP contribution >= 0.6 is 15.9 Å². The van der Waals surface area contributed by atoms with E-state index in [1.165, 1.54) is 16.4 Å². The van der Waals surface area contributed by atoms with Crippen molar-refractivity contribution < 1.29 is 8.42 Å². The summed E-state index contributed by atoms with van der Waals surface area (Å²) in [4.78, 5) is 0.147. The Bertz CT molecular complexity index is 859. The summed E-state index contributed by atoms with van der Waals surface area (Å²) < 4.78 is 28.6. The van der Waals surface area contributed by atoms with Gasteiger partial charge in [0.25, 0.3) is 0 Å². The molecule has 4 nitrogen and oxygen atoms in total. The zero-order valence-corrected chi connectivity index (χ0v) is 16.0. The summed E-state index contributed by atoms with van der Waals surface area (Å²) in [6.45, 7) is 4.23. The Morgan fingerprint density at radius 2 is 1.92 bits per heavy atom. The molecule has 0 aliphatic heterocycles. The smallest absolute Gasteiger partial charge is 0.207 e. The van der Waals surface area contributed by atoms with Crippen molar-refractivity contribution >= 4 is 26.0 Å². The van der Waals surface area contributed by atoms with Gasteiger partial charge >= 0.3 is 0 Å². The highest BCUT2D eigenvalue weighted by molar-refractivity contribution is 9.10. The van der Waals surface area contributed by atoms with Gasteiger partial charge in [-0.2, -0.15) is 9.57 Å². The first-order chi connectivity index (χ1) is 11.4. The van der Waals surface area contributed by atoms with Gasteiger partial charge in [-0.25, -0.2) is 8.42 Å². The lowest BCUT2D eigenvalue weighted by Gasteiger charge is -2.29. The first-order valence-electron chi connectivity index (χ1n) is 7.68. The minimum absolute atomic E-state index is 0.147. The fourth-order valence-electron chi connectivity index (χ4n) is 2.57. The Labute approximate surface area is 151 Å². The van der Waals surface area contributed by atoms with Crippen molar-refractivity contribution in [2.24, 2.45) is 0 Å². The van der Waals surface area contributed by atoms with Crippen LogP contribution in [0, 0.1) is 11.3 Å². The molecule has 0 unspecified atom stereocenters. The zero-order chi connectivity index (χ0) is 17.7. The highest BCUT2D eigenvalue weighted by Gasteiger charge is 2.30. The van der Waals surface area contributed by atoms with Crippen LogP contribution in [0.3, 0.4) is 0 Å². The largest absolute Gasteiger partial charge is 0.243 e. The van der Waals surface area contributed by atoms with Crippen LogP contribution in [0.2, 0.25) is 0 Å². The van der Waals surface area contributed by atoms with E-state index in [-0.39, 0.29) is 10.9 Å². The third-order valence-electron chi connectivity index (χ3n) is 3.80. The predicted molar refractivity (Wildman–Crippen MR) is 97.9 cm³/mol. The van der Waals surface area contributed by atoms with Gasteiger partial charge in [-0.05, 0) is 43.2 Å². The van der Waals surface area contributed by atoms with Crippen molar-refractivity contribution in [2.45, 2.75) is 31.2 Å². The van der Waals surface area contributed by atoms with Crippen molar-refractivity contribution in [1.29, 1.82) is 5.26 Å². The van der Waals surface area contributed by atoms with Crippen molar-refractivity contribution in [1.82, 2.24) is 4.31 Å². The maximum atomic E-state index is 13.1. The van der Waals surface area contributed by atoms with Crippen LogP contribution in [0.15, 0.2) is 57.9 Å². The number of halogens is 1. The highest BCUT2D eigenvalue weighted by atomic mass is 79.9. The molecule has 24 heavy (non-hydrogen) atoms. The third kappa shape index (κ3) is 3.86. The van der Waals surface area contributed by atoms with Crippen molar-refractivity contribution in [3.8, 4) is 6.07 Å². The quantitative estimate of drug-likeness (QED) is 0.709. The molecule has 126 valence electrons. The molecule has 0 aliphatic rings. The average molecular weight is 407 g/mol. The number of hydrogen-bond donors (Lipinski definition) is 0. The molecule has 0 amide bonds. The summed E-state index contributed by atoms with van der Waals surface area (Å²) in [7, 11) is -3.70. The molecule has 6 heteroatoms. The van der Waals surface area contributed by atoms with Gasteiger partial charge in [0.2, 0.25) is 10.0 Å². The molecule has 2 aromatic carbocycles. The topological polar surface area (TPSA) is 61.2 Å². The molecule has 2 aromatic rings. The van der Waals surface area contributed by atoms with E-state index in [1.54, 1.807) is 12.1 Å². The van der Waals surface area contributed by atoms with Gasteiger partial charge in [0, 0.05) is 17.1 Å². The Kier molecular flexibility index (Phi) is 6.16. The van der Waals surface area contributed by atoms with Crippen LogP contribution in [0.4, 0.5) is 0 Å². The van der Waals surface area contributed by atoms with E-state index in [2.05, 4.69) is 15.9 Å². The maximum absolute atomic E-state index is 13.1. The summed E-state index contributed by atoms with van der Waals surface area (Å²) in [5, 5.41) is 9.03. The van der Waals surface area contributed by atoms with Gasteiger partial charge in [-0.1, -0.05) is 47.1 Å². The van der Waals surface area contributed by atoms with Crippen LogP contribution in [0.1, 0.15) is 37.4 Å². The van der Waals surface area contributed by atoms with Crippen molar-refractivity contribution in [3.63, 3.8) is 0 Å². The van der Waals surface area contributed by atoms with Crippen LogP contribution in [-0.2, 0) is 10.0 Å². The summed E-state index contributed by atoms with van der Waals surface area (Å²) in [5.74, 6) is 0. The standard InChI is InChI=1S/C18H19BrN2O2S/c1-3-11-21(14(2)17-9-4-5-10-18(17)19)24(22,23)16-8-6-7-15(12-16)13-20/h4-10,12,14H,3,11H2,1-2H3/t14-/m1/s1. The summed E-state index contributed by atoms with van der Waals surface area (Å²) in [6.07, 6.45) is 0.700. The number of nitriles is 1. The van der Waals surface area contributed by atoms with E-state index in [4.69, 9.17) is 5.26 Å². The van der Waals surface area contributed by atoms with Crippen molar-refractivity contribution in [2.75, 3.05) is 6.54 Å². The Balaban J connectivity index is 2.49. The molecular weight excluding hydrogens is 388 g/mol. The molecule has 2 rings (SSSR count). The number of nitrogens with zero attached hydrogens (tertiary/aromatic N) is 2. The van der Waals surface area contributed by atoms with Crippen LogP contribution in [0.5, 0.6) is 0 Å². The van der Waals surface area contributed by atoms with E-state index in [0.29, 0.717) is 18.5 Å². The fraction of sp³-hybridized carbons (Fsp3) is 0.278. The second-order valence-corrected chi connectivity index (χ2v) is 8.20. The maximum Gasteiger partial charge on any atom is 0.243 e. The molecule has 0 saturated carbocycles. The van der Waals surface area contributed by atoms with Gasteiger partial charge in [-0.15, -0.1) is 0 Å². The minimum Gasteiger partial charge on any atom is -0.207 e. The molecule has 0 heterocycles. The molecule has 0 N–H and O–H groups in total. The van der Waals surface area contributed by atoms with E-state index >= 15 is 0 Å².